The van der Waals surface area contributed by atoms with Crippen molar-refractivity contribution in [2.45, 2.75) is 32.7 Å². The molecule has 0 amide bonds. The number of hydrogen-bond acceptors (Lipinski definition) is 7. The number of hydrogen-bond donors (Lipinski definition) is 3. The number of imidazole rings is 1. The van der Waals surface area contributed by atoms with Gasteiger partial charge in [-0.3, -0.25) is 15.0 Å². The van der Waals surface area contributed by atoms with Crippen molar-refractivity contribution < 1.29 is 9.13 Å². The van der Waals surface area contributed by atoms with Crippen molar-refractivity contribution in [2.75, 3.05) is 31.6 Å². The van der Waals surface area contributed by atoms with Gasteiger partial charge in [-0.05, 0) is 87.3 Å². The number of benzene rings is 2. The van der Waals surface area contributed by atoms with Gasteiger partial charge in [0.05, 0.1) is 11.2 Å². The smallest absolute Gasteiger partial charge is 0.160 e. The highest BCUT2D eigenvalue weighted by Crippen LogP contribution is 2.34. The number of aromatic amines is 2. The maximum atomic E-state index is 14.8. The standard InChI is InChI=1S/C33H33FN8O/c1-20(2)37-25-14-23(18-35-19-25)21-5-6-29-28(16-21)31(41-40-29)33-38-30-27(7-8-36-32(30)39-33)22-13-24(34)17-26(15-22)43-12-11-42-9-3-4-10-42/h5-8,13-20,37H,3-4,9-12H2,1-2H3,(H,40,41)(H,36,38,39). The lowest BCUT2D eigenvalue weighted by Crippen LogP contribution is -2.25. The van der Waals surface area contributed by atoms with Crippen molar-refractivity contribution in [3.05, 3.63) is 72.9 Å². The van der Waals surface area contributed by atoms with Gasteiger partial charge in [0.1, 0.15) is 29.4 Å². The van der Waals surface area contributed by atoms with Crippen molar-refractivity contribution in [2.24, 2.45) is 0 Å². The maximum absolute atomic E-state index is 14.8. The number of rotatable bonds is 9. The number of pyridine rings is 2. The summed E-state index contributed by atoms with van der Waals surface area (Å²) in [5, 5.41) is 12.0. The number of halogens is 1. The molecule has 43 heavy (non-hydrogen) atoms. The highest BCUT2D eigenvalue weighted by Gasteiger charge is 2.18. The second-order valence-electron chi connectivity index (χ2n) is 11.3. The van der Waals surface area contributed by atoms with E-state index in [9.17, 15) is 4.39 Å². The van der Waals surface area contributed by atoms with Crippen LogP contribution in [-0.4, -0.2) is 67.3 Å². The summed E-state index contributed by atoms with van der Waals surface area (Å²) >= 11 is 0. The van der Waals surface area contributed by atoms with Gasteiger partial charge in [-0.15, -0.1) is 0 Å². The van der Waals surface area contributed by atoms with Gasteiger partial charge in [0.25, 0.3) is 0 Å². The first kappa shape index (κ1) is 27.0. The molecule has 5 heterocycles. The van der Waals surface area contributed by atoms with Crippen LogP contribution in [0.15, 0.2) is 67.1 Å². The lowest BCUT2D eigenvalue weighted by atomic mass is 10.0. The Balaban J connectivity index is 1.21. The summed E-state index contributed by atoms with van der Waals surface area (Å²) in [6.45, 7) is 7.75. The van der Waals surface area contributed by atoms with Gasteiger partial charge in [0.15, 0.2) is 11.5 Å². The third kappa shape index (κ3) is 5.65. The molecule has 1 fully saturated rings. The average molecular weight is 577 g/mol. The molecule has 0 atom stereocenters. The molecule has 1 saturated heterocycles. The van der Waals surface area contributed by atoms with Crippen LogP contribution in [0.1, 0.15) is 26.7 Å². The number of nitrogens with zero attached hydrogens (tertiary/aromatic N) is 5. The molecule has 0 unspecified atom stereocenters. The molecule has 6 aromatic rings. The average Bonchev–Trinajstić information content (AvgIpc) is 3.76. The quantitative estimate of drug-likeness (QED) is 0.177. The zero-order valence-electron chi connectivity index (χ0n) is 24.2. The van der Waals surface area contributed by atoms with E-state index in [4.69, 9.17) is 9.72 Å². The number of likely N-dealkylation sites (tertiary alicyclic amines) is 1. The van der Waals surface area contributed by atoms with E-state index in [1.807, 2.05) is 36.7 Å². The predicted molar refractivity (Wildman–Crippen MR) is 168 cm³/mol. The molecule has 3 N–H and O–H groups in total. The van der Waals surface area contributed by atoms with Gasteiger partial charge in [-0.1, -0.05) is 6.07 Å². The Bertz CT molecular complexity index is 1910. The van der Waals surface area contributed by atoms with Crippen LogP contribution in [0.25, 0.3) is 55.8 Å². The lowest BCUT2D eigenvalue weighted by Gasteiger charge is -2.15. The van der Waals surface area contributed by atoms with Crippen LogP contribution >= 0.6 is 0 Å². The Morgan fingerprint density at radius 3 is 2.74 bits per heavy atom. The van der Waals surface area contributed by atoms with Crippen LogP contribution in [0.5, 0.6) is 5.75 Å². The summed E-state index contributed by atoms with van der Waals surface area (Å²) in [7, 11) is 0. The maximum Gasteiger partial charge on any atom is 0.160 e. The van der Waals surface area contributed by atoms with Crippen molar-refractivity contribution in [3.8, 4) is 39.5 Å². The molecule has 10 heteroatoms. The number of aromatic nitrogens is 6. The fraction of sp³-hybridized carbons (Fsp3) is 0.273. The van der Waals surface area contributed by atoms with Gasteiger partial charge in [-0.2, -0.15) is 5.10 Å². The predicted octanol–water partition coefficient (Wildman–Crippen LogP) is 6.66. The zero-order valence-corrected chi connectivity index (χ0v) is 24.2. The highest BCUT2D eigenvalue weighted by molar-refractivity contribution is 5.97. The van der Waals surface area contributed by atoms with E-state index in [0.717, 1.165) is 52.9 Å². The minimum Gasteiger partial charge on any atom is -0.492 e. The molecule has 0 aliphatic carbocycles. The van der Waals surface area contributed by atoms with E-state index in [1.165, 1.54) is 25.0 Å². The largest absolute Gasteiger partial charge is 0.492 e. The van der Waals surface area contributed by atoms with E-state index < -0.39 is 0 Å². The van der Waals surface area contributed by atoms with Crippen molar-refractivity contribution in [1.29, 1.82) is 0 Å². The zero-order chi connectivity index (χ0) is 29.3. The summed E-state index contributed by atoms with van der Waals surface area (Å²) in [5.41, 5.74) is 7.21. The lowest BCUT2D eigenvalue weighted by molar-refractivity contribution is 0.237. The fourth-order valence-corrected chi connectivity index (χ4v) is 5.74. The third-order valence-corrected chi connectivity index (χ3v) is 7.76. The van der Waals surface area contributed by atoms with Crippen LogP contribution in [0, 0.1) is 5.82 Å². The number of nitrogens with one attached hydrogen (secondary N) is 3. The summed E-state index contributed by atoms with van der Waals surface area (Å²) in [6.07, 6.45) is 7.83. The minimum absolute atomic E-state index is 0.304. The number of fused-ring (bicyclic) bond motifs is 2. The highest BCUT2D eigenvalue weighted by atomic mass is 19.1. The summed E-state index contributed by atoms with van der Waals surface area (Å²) < 4.78 is 20.7. The molecule has 0 bridgehead atoms. The van der Waals surface area contributed by atoms with Crippen LogP contribution in [-0.2, 0) is 0 Å². The fourth-order valence-electron chi connectivity index (χ4n) is 5.74. The molecular weight excluding hydrogens is 543 g/mol. The van der Waals surface area contributed by atoms with Crippen LogP contribution in [0.3, 0.4) is 0 Å². The van der Waals surface area contributed by atoms with Gasteiger partial charge in [0, 0.05) is 53.8 Å². The molecule has 7 rings (SSSR count). The molecule has 9 nitrogen and oxygen atoms in total. The molecule has 218 valence electrons. The molecular formula is C33H33FN8O. The number of ether oxygens (including phenoxy) is 1. The summed E-state index contributed by atoms with van der Waals surface area (Å²) in [4.78, 5) is 19.6. The van der Waals surface area contributed by atoms with Crippen LogP contribution < -0.4 is 10.1 Å². The third-order valence-electron chi connectivity index (χ3n) is 7.76. The van der Waals surface area contributed by atoms with E-state index in [1.54, 1.807) is 6.20 Å². The Morgan fingerprint density at radius 1 is 1.00 bits per heavy atom. The molecule has 0 saturated carbocycles. The molecule has 1 aliphatic heterocycles. The Labute approximate surface area is 248 Å². The second kappa shape index (κ2) is 11.4. The number of anilines is 1. The van der Waals surface area contributed by atoms with Crippen LogP contribution in [0.2, 0.25) is 0 Å². The van der Waals surface area contributed by atoms with Crippen LogP contribution in [0.4, 0.5) is 10.1 Å². The Kier molecular flexibility index (Phi) is 7.20. The normalized spacial score (nSPS) is 13.9. The molecule has 1 aliphatic rings. The SMILES string of the molecule is CC(C)Nc1cncc(-c2ccc3[nH]nc(-c4nc5c(-c6cc(F)cc(OCCN7CCCC7)c6)ccnc5[nH]4)c3c2)c1. The topological polar surface area (TPSA) is 108 Å². The van der Waals surface area contributed by atoms with E-state index in [0.29, 0.717) is 46.6 Å². The summed E-state index contributed by atoms with van der Waals surface area (Å²) in [5.74, 6) is 0.718. The van der Waals surface area contributed by atoms with Gasteiger partial charge in [0.2, 0.25) is 0 Å². The molecule has 2 aromatic carbocycles. The number of H-pyrrole nitrogens is 2. The Morgan fingerprint density at radius 2 is 1.88 bits per heavy atom. The molecule has 4 aromatic heterocycles. The van der Waals surface area contributed by atoms with E-state index in [2.05, 4.69) is 61.3 Å². The van der Waals surface area contributed by atoms with Crippen molar-refractivity contribution in [1.82, 2.24) is 35.0 Å². The van der Waals surface area contributed by atoms with E-state index in [-0.39, 0.29) is 5.82 Å². The first-order valence-corrected chi connectivity index (χ1v) is 14.7. The Hall–Kier alpha value is -4.83. The first-order chi connectivity index (χ1) is 21.0. The summed E-state index contributed by atoms with van der Waals surface area (Å²) in [6, 6.07) is 15.2. The molecule has 0 radical (unpaired) electrons. The van der Waals surface area contributed by atoms with Crippen molar-refractivity contribution >= 4 is 27.8 Å². The monoisotopic (exact) mass is 576 g/mol. The van der Waals surface area contributed by atoms with Gasteiger partial charge < -0.3 is 15.0 Å². The van der Waals surface area contributed by atoms with Crippen molar-refractivity contribution in [3.63, 3.8) is 0 Å². The van der Waals surface area contributed by atoms with Gasteiger partial charge >= 0.3 is 0 Å². The van der Waals surface area contributed by atoms with Gasteiger partial charge in [-0.25, -0.2) is 14.4 Å². The second-order valence-corrected chi connectivity index (χ2v) is 11.3. The van der Waals surface area contributed by atoms with E-state index >= 15 is 0 Å². The minimum atomic E-state index is -0.359. The first-order valence-electron chi connectivity index (χ1n) is 14.7. The molecule has 0 spiro atoms.